The summed E-state index contributed by atoms with van der Waals surface area (Å²) in [6.07, 6.45) is 3.61. The Labute approximate surface area is 156 Å². The van der Waals surface area contributed by atoms with Crippen LogP contribution in [0.15, 0.2) is 66.1 Å². The lowest BCUT2D eigenvalue weighted by Crippen LogP contribution is -2.28. The van der Waals surface area contributed by atoms with Crippen molar-refractivity contribution in [3.8, 4) is 5.69 Å². The number of para-hydroxylation sites is 1. The predicted molar refractivity (Wildman–Crippen MR) is 102 cm³/mol. The summed E-state index contributed by atoms with van der Waals surface area (Å²) in [6.45, 7) is 2.29. The Kier molecular flexibility index (Phi) is 5.73. The fraction of sp³-hybridized carbons (Fsp3) is 0.200. The van der Waals surface area contributed by atoms with Gasteiger partial charge in [0.25, 0.3) is 0 Å². The number of aromatic nitrogens is 2. The number of imidazole rings is 1. The van der Waals surface area contributed by atoms with E-state index < -0.39 is 0 Å². The van der Waals surface area contributed by atoms with Crippen molar-refractivity contribution in [1.82, 2.24) is 14.5 Å². The molecule has 0 aliphatic rings. The number of carbonyl (C=O) groups is 1. The molecule has 0 aliphatic heterocycles. The zero-order valence-corrected chi connectivity index (χ0v) is 15.5. The highest BCUT2D eigenvalue weighted by molar-refractivity contribution is 7.99. The number of hydrogen-bond acceptors (Lipinski definition) is 3. The first kappa shape index (κ1) is 18.2. The minimum absolute atomic E-state index is 0.0717. The molecule has 1 heterocycles. The summed E-state index contributed by atoms with van der Waals surface area (Å²) in [5.41, 5.74) is 2.68. The van der Waals surface area contributed by atoms with Crippen molar-refractivity contribution in [3.05, 3.63) is 77.9 Å². The molecule has 6 heteroatoms. The molecule has 0 aliphatic carbocycles. The average Bonchev–Trinajstić information content (AvgIpc) is 3.10. The lowest BCUT2D eigenvalue weighted by molar-refractivity contribution is -0.127. The van der Waals surface area contributed by atoms with Crippen LogP contribution in [0.3, 0.4) is 0 Å². The number of aryl methyl sites for hydroxylation is 1. The summed E-state index contributed by atoms with van der Waals surface area (Å²) in [6, 6.07) is 14.5. The van der Waals surface area contributed by atoms with E-state index in [0.717, 1.165) is 16.4 Å². The Hall–Kier alpha value is -2.60. The quantitative estimate of drug-likeness (QED) is 0.615. The number of amides is 1. The van der Waals surface area contributed by atoms with Gasteiger partial charge < -0.3 is 4.90 Å². The lowest BCUT2D eigenvalue weighted by atomic mass is 10.2. The van der Waals surface area contributed by atoms with Crippen LogP contribution in [0.1, 0.15) is 11.1 Å². The van der Waals surface area contributed by atoms with Gasteiger partial charge in [0.15, 0.2) is 5.16 Å². The molecule has 0 bridgehead atoms. The standard InChI is InChI=1S/C20H20FN3OS/c1-15-7-3-6-10-18(15)24-12-11-22-20(24)26-14-19(25)23(2)13-16-8-4-5-9-17(16)21/h3-12H,13-14H2,1-2H3. The van der Waals surface area contributed by atoms with Crippen LogP contribution >= 0.6 is 11.8 Å². The molecule has 0 saturated carbocycles. The molecular weight excluding hydrogens is 349 g/mol. The van der Waals surface area contributed by atoms with E-state index in [1.807, 2.05) is 42.0 Å². The van der Waals surface area contributed by atoms with Crippen molar-refractivity contribution in [3.63, 3.8) is 0 Å². The van der Waals surface area contributed by atoms with E-state index in [4.69, 9.17) is 0 Å². The monoisotopic (exact) mass is 369 g/mol. The maximum absolute atomic E-state index is 13.7. The van der Waals surface area contributed by atoms with Crippen molar-refractivity contribution < 1.29 is 9.18 Å². The normalized spacial score (nSPS) is 10.7. The third-order valence-corrected chi connectivity index (χ3v) is 5.05. The first-order valence-electron chi connectivity index (χ1n) is 8.26. The fourth-order valence-electron chi connectivity index (χ4n) is 2.62. The first-order chi connectivity index (χ1) is 12.6. The maximum atomic E-state index is 13.7. The molecule has 0 saturated heterocycles. The Balaban J connectivity index is 1.65. The van der Waals surface area contributed by atoms with Gasteiger partial charge in [0.2, 0.25) is 5.91 Å². The zero-order valence-electron chi connectivity index (χ0n) is 14.7. The topological polar surface area (TPSA) is 38.1 Å². The van der Waals surface area contributed by atoms with E-state index in [-0.39, 0.29) is 24.0 Å². The van der Waals surface area contributed by atoms with Crippen LogP contribution in [-0.4, -0.2) is 33.2 Å². The summed E-state index contributed by atoms with van der Waals surface area (Å²) >= 11 is 1.38. The lowest BCUT2D eigenvalue weighted by Gasteiger charge is -2.17. The van der Waals surface area contributed by atoms with E-state index in [1.165, 1.54) is 22.7 Å². The van der Waals surface area contributed by atoms with Crippen LogP contribution < -0.4 is 0 Å². The minimum atomic E-state index is -0.296. The number of thioether (sulfide) groups is 1. The molecule has 0 N–H and O–H groups in total. The van der Waals surface area contributed by atoms with E-state index >= 15 is 0 Å². The van der Waals surface area contributed by atoms with Gasteiger partial charge in [0.05, 0.1) is 11.4 Å². The van der Waals surface area contributed by atoms with Gasteiger partial charge in [-0.05, 0) is 24.6 Å². The molecule has 2 aromatic carbocycles. The van der Waals surface area contributed by atoms with Crippen molar-refractivity contribution in [2.24, 2.45) is 0 Å². The molecule has 3 rings (SSSR count). The first-order valence-corrected chi connectivity index (χ1v) is 9.24. The largest absolute Gasteiger partial charge is 0.341 e. The predicted octanol–water partition coefficient (Wildman–Crippen LogP) is 4.07. The Morgan fingerprint density at radius 3 is 2.69 bits per heavy atom. The molecule has 3 aromatic rings. The highest BCUT2D eigenvalue weighted by Crippen LogP contribution is 2.23. The number of benzene rings is 2. The van der Waals surface area contributed by atoms with Gasteiger partial charge in [-0.1, -0.05) is 48.2 Å². The van der Waals surface area contributed by atoms with E-state index in [9.17, 15) is 9.18 Å². The Morgan fingerprint density at radius 2 is 1.92 bits per heavy atom. The molecule has 0 fully saturated rings. The van der Waals surface area contributed by atoms with Crippen LogP contribution in [0.4, 0.5) is 4.39 Å². The van der Waals surface area contributed by atoms with Crippen LogP contribution in [0.5, 0.6) is 0 Å². The summed E-state index contributed by atoms with van der Waals surface area (Å²) in [7, 11) is 1.68. The molecule has 134 valence electrons. The van der Waals surface area contributed by atoms with E-state index in [0.29, 0.717) is 5.56 Å². The van der Waals surface area contributed by atoms with Gasteiger partial charge in [-0.15, -0.1) is 0 Å². The number of halogens is 1. The molecule has 0 unspecified atom stereocenters. The molecular formula is C20H20FN3OS. The second-order valence-corrected chi connectivity index (χ2v) is 6.94. The molecule has 4 nitrogen and oxygen atoms in total. The summed E-state index contributed by atoms with van der Waals surface area (Å²) in [5.74, 6) is -0.124. The number of rotatable bonds is 6. The van der Waals surface area contributed by atoms with Crippen molar-refractivity contribution in [2.45, 2.75) is 18.6 Å². The second kappa shape index (κ2) is 8.19. The zero-order chi connectivity index (χ0) is 18.5. The minimum Gasteiger partial charge on any atom is -0.341 e. The van der Waals surface area contributed by atoms with Gasteiger partial charge in [-0.2, -0.15) is 0 Å². The maximum Gasteiger partial charge on any atom is 0.233 e. The van der Waals surface area contributed by atoms with Crippen LogP contribution in [0, 0.1) is 12.7 Å². The van der Waals surface area contributed by atoms with E-state index in [1.54, 1.807) is 31.4 Å². The molecule has 1 aromatic heterocycles. The summed E-state index contributed by atoms with van der Waals surface area (Å²) < 4.78 is 15.7. The third-order valence-electron chi connectivity index (χ3n) is 4.10. The third kappa shape index (κ3) is 4.14. The highest BCUT2D eigenvalue weighted by atomic mass is 32.2. The van der Waals surface area contributed by atoms with Crippen LogP contribution in [-0.2, 0) is 11.3 Å². The molecule has 1 amide bonds. The van der Waals surface area contributed by atoms with E-state index in [2.05, 4.69) is 4.98 Å². The molecule has 26 heavy (non-hydrogen) atoms. The number of nitrogens with zero attached hydrogens (tertiary/aromatic N) is 3. The van der Waals surface area contributed by atoms with Crippen molar-refractivity contribution in [2.75, 3.05) is 12.8 Å². The fourth-order valence-corrected chi connectivity index (χ4v) is 3.53. The molecule has 0 radical (unpaired) electrons. The van der Waals surface area contributed by atoms with Gasteiger partial charge in [0.1, 0.15) is 5.82 Å². The smallest absolute Gasteiger partial charge is 0.233 e. The second-order valence-electron chi connectivity index (χ2n) is 6.00. The Bertz CT molecular complexity index is 909. The van der Waals surface area contributed by atoms with Gasteiger partial charge >= 0.3 is 0 Å². The summed E-state index contributed by atoms with van der Waals surface area (Å²) in [4.78, 5) is 18.3. The van der Waals surface area contributed by atoms with Gasteiger partial charge in [0, 0.05) is 31.5 Å². The van der Waals surface area contributed by atoms with Crippen molar-refractivity contribution >= 4 is 17.7 Å². The number of carbonyl (C=O) groups excluding carboxylic acids is 1. The molecule has 0 atom stereocenters. The van der Waals surface area contributed by atoms with Gasteiger partial charge in [-0.3, -0.25) is 9.36 Å². The summed E-state index contributed by atoms with van der Waals surface area (Å²) in [5, 5.41) is 0.756. The van der Waals surface area contributed by atoms with Crippen LogP contribution in [0.2, 0.25) is 0 Å². The van der Waals surface area contributed by atoms with Gasteiger partial charge in [-0.25, -0.2) is 9.37 Å². The average molecular weight is 369 g/mol. The Morgan fingerprint density at radius 1 is 1.19 bits per heavy atom. The highest BCUT2D eigenvalue weighted by Gasteiger charge is 2.14. The molecule has 0 spiro atoms. The van der Waals surface area contributed by atoms with Crippen LogP contribution in [0.25, 0.3) is 5.69 Å². The number of hydrogen-bond donors (Lipinski definition) is 0. The SMILES string of the molecule is Cc1ccccc1-n1ccnc1SCC(=O)N(C)Cc1ccccc1F. The van der Waals surface area contributed by atoms with Crippen molar-refractivity contribution in [1.29, 1.82) is 0 Å².